The van der Waals surface area contributed by atoms with Gasteiger partial charge in [-0.25, -0.2) is 0 Å². The van der Waals surface area contributed by atoms with Crippen LogP contribution < -0.4 is 5.32 Å². The van der Waals surface area contributed by atoms with Crippen molar-refractivity contribution in [2.24, 2.45) is 0 Å². The largest absolute Gasteiger partial charge is 0.468 e. The molecule has 2 heterocycles. The number of methoxy groups -OCH3 is 1. The number of nitrogens with one attached hydrogen (secondary N) is 2. The minimum Gasteiger partial charge on any atom is -0.468 e. The minimum absolute atomic E-state index is 0.0393. The summed E-state index contributed by atoms with van der Waals surface area (Å²) >= 11 is 0. The molecule has 5 heteroatoms. The average molecular weight is 288 g/mol. The quantitative estimate of drug-likeness (QED) is 0.748. The number of aliphatic hydroxyl groups is 1. The lowest BCUT2D eigenvalue weighted by Gasteiger charge is -2.29. The lowest BCUT2D eigenvalue weighted by molar-refractivity contribution is -0.143. The van der Waals surface area contributed by atoms with Gasteiger partial charge >= 0.3 is 5.97 Å². The standard InChI is InChI=1S/C16H20N2O3/c1-21-16(20)14-9-11-10-5-2-3-6-12(10)18-15(11)13(17-14)7-4-8-19/h2-3,5-6,13-14,17-19H,4,7-9H2,1H3/t13-,14+/m1/s1. The summed E-state index contributed by atoms with van der Waals surface area (Å²) in [5.74, 6) is -0.236. The topological polar surface area (TPSA) is 74.4 Å². The maximum Gasteiger partial charge on any atom is 0.323 e. The summed E-state index contributed by atoms with van der Waals surface area (Å²) < 4.78 is 4.89. The zero-order valence-electron chi connectivity index (χ0n) is 12.1. The molecule has 5 nitrogen and oxygen atoms in total. The van der Waals surface area contributed by atoms with E-state index < -0.39 is 0 Å². The molecule has 1 aromatic carbocycles. The van der Waals surface area contributed by atoms with E-state index in [-0.39, 0.29) is 24.7 Å². The molecule has 0 aliphatic carbocycles. The van der Waals surface area contributed by atoms with E-state index in [1.807, 2.05) is 18.2 Å². The molecule has 2 atom stereocenters. The first-order valence-corrected chi connectivity index (χ1v) is 7.28. The summed E-state index contributed by atoms with van der Waals surface area (Å²) in [7, 11) is 1.41. The highest BCUT2D eigenvalue weighted by atomic mass is 16.5. The first-order valence-electron chi connectivity index (χ1n) is 7.28. The third-order valence-electron chi connectivity index (χ3n) is 4.14. The molecule has 1 aromatic heterocycles. The number of esters is 1. The Labute approximate surface area is 123 Å². The van der Waals surface area contributed by atoms with Crippen molar-refractivity contribution in [3.05, 3.63) is 35.5 Å². The lowest BCUT2D eigenvalue weighted by Crippen LogP contribution is -2.45. The first-order chi connectivity index (χ1) is 10.2. The van der Waals surface area contributed by atoms with E-state index in [4.69, 9.17) is 9.84 Å². The Balaban J connectivity index is 2.01. The molecule has 0 bridgehead atoms. The van der Waals surface area contributed by atoms with Gasteiger partial charge in [-0.1, -0.05) is 18.2 Å². The maximum atomic E-state index is 11.9. The predicted octanol–water partition coefficient (Wildman–Crippen LogP) is 1.67. The SMILES string of the molecule is COC(=O)[C@@H]1Cc2c([nH]c3ccccc23)[C@@H](CCCO)N1. The molecular weight excluding hydrogens is 268 g/mol. The second-order valence-electron chi connectivity index (χ2n) is 5.43. The molecule has 0 fully saturated rings. The van der Waals surface area contributed by atoms with Gasteiger partial charge in [-0.05, 0) is 24.5 Å². The molecule has 21 heavy (non-hydrogen) atoms. The number of benzene rings is 1. The Kier molecular flexibility index (Phi) is 3.94. The molecule has 0 saturated heterocycles. The van der Waals surface area contributed by atoms with E-state index in [2.05, 4.69) is 16.4 Å². The van der Waals surface area contributed by atoms with Crippen molar-refractivity contribution >= 4 is 16.9 Å². The van der Waals surface area contributed by atoms with E-state index >= 15 is 0 Å². The van der Waals surface area contributed by atoms with Crippen molar-refractivity contribution in [3.63, 3.8) is 0 Å². The van der Waals surface area contributed by atoms with Gasteiger partial charge in [-0.3, -0.25) is 10.1 Å². The predicted molar refractivity (Wildman–Crippen MR) is 80.0 cm³/mol. The van der Waals surface area contributed by atoms with Crippen LogP contribution in [0, 0.1) is 0 Å². The number of para-hydroxylation sites is 1. The lowest BCUT2D eigenvalue weighted by atomic mass is 9.92. The molecule has 3 rings (SSSR count). The van der Waals surface area contributed by atoms with Crippen LogP contribution in [0.3, 0.4) is 0 Å². The van der Waals surface area contributed by atoms with Crippen molar-refractivity contribution in [2.75, 3.05) is 13.7 Å². The monoisotopic (exact) mass is 288 g/mol. The number of H-pyrrole nitrogens is 1. The molecule has 0 saturated carbocycles. The van der Waals surface area contributed by atoms with Crippen LogP contribution in [0.25, 0.3) is 10.9 Å². The molecule has 0 radical (unpaired) electrons. The normalized spacial score (nSPS) is 21.2. The zero-order chi connectivity index (χ0) is 14.8. The fraction of sp³-hybridized carbons (Fsp3) is 0.438. The number of aliphatic hydroxyl groups excluding tert-OH is 1. The number of hydrogen-bond donors (Lipinski definition) is 3. The van der Waals surface area contributed by atoms with Gasteiger partial charge < -0.3 is 14.8 Å². The molecule has 3 N–H and O–H groups in total. The van der Waals surface area contributed by atoms with Gasteiger partial charge in [-0.15, -0.1) is 0 Å². The number of carbonyl (C=O) groups is 1. The van der Waals surface area contributed by atoms with Crippen LogP contribution in [0.5, 0.6) is 0 Å². The highest BCUT2D eigenvalue weighted by molar-refractivity contribution is 5.87. The Hall–Kier alpha value is -1.85. The summed E-state index contributed by atoms with van der Waals surface area (Å²) in [6.45, 7) is 0.149. The van der Waals surface area contributed by atoms with Gasteiger partial charge in [0.2, 0.25) is 0 Å². The highest BCUT2D eigenvalue weighted by Gasteiger charge is 2.33. The second kappa shape index (κ2) is 5.87. The summed E-state index contributed by atoms with van der Waals surface area (Å²) in [6, 6.07) is 7.84. The smallest absolute Gasteiger partial charge is 0.323 e. The fourth-order valence-electron chi connectivity index (χ4n) is 3.14. The van der Waals surface area contributed by atoms with Crippen LogP contribution in [0.1, 0.15) is 30.1 Å². The molecule has 112 valence electrons. The van der Waals surface area contributed by atoms with Crippen LogP contribution in [-0.4, -0.2) is 35.8 Å². The van der Waals surface area contributed by atoms with Gasteiger partial charge in [0, 0.05) is 35.7 Å². The van der Waals surface area contributed by atoms with E-state index in [0.29, 0.717) is 12.8 Å². The van der Waals surface area contributed by atoms with E-state index in [9.17, 15) is 4.79 Å². The van der Waals surface area contributed by atoms with Crippen LogP contribution in [0.2, 0.25) is 0 Å². The van der Waals surface area contributed by atoms with E-state index in [1.54, 1.807) is 0 Å². The van der Waals surface area contributed by atoms with Crippen LogP contribution in [0.15, 0.2) is 24.3 Å². The van der Waals surface area contributed by atoms with Crippen LogP contribution in [-0.2, 0) is 16.0 Å². The fourth-order valence-corrected chi connectivity index (χ4v) is 3.14. The number of aromatic amines is 1. The van der Waals surface area contributed by atoms with Crippen molar-refractivity contribution in [1.82, 2.24) is 10.3 Å². The first kappa shape index (κ1) is 14.1. The van der Waals surface area contributed by atoms with Crippen molar-refractivity contribution in [2.45, 2.75) is 31.3 Å². The van der Waals surface area contributed by atoms with E-state index in [0.717, 1.165) is 23.0 Å². The van der Waals surface area contributed by atoms with Crippen molar-refractivity contribution in [3.8, 4) is 0 Å². The van der Waals surface area contributed by atoms with Crippen LogP contribution >= 0.6 is 0 Å². The summed E-state index contributed by atoms with van der Waals surface area (Å²) in [4.78, 5) is 15.4. The van der Waals surface area contributed by atoms with Crippen molar-refractivity contribution in [1.29, 1.82) is 0 Å². The number of carbonyl (C=O) groups excluding carboxylic acids is 1. The number of ether oxygens (including phenoxy) is 1. The molecule has 0 unspecified atom stereocenters. The third kappa shape index (κ3) is 2.54. The molecule has 1 aliphatic rings. The Bertz CT molecular complexity index is 650. The van der Waals surface area contributed by atoms with Gasteiger partial charge in [0.15, 0.2) is 0 Å². The van der Waals surface area contributed by atoms with E-state index in [1.165, 1.54) is 12.7 Å². The molecule has 0 spiro atoms. The minimum atomic E-state index is -0.328. The van der Waals surface area contributed by atoms with Crippen molar-refractivity contribution < 1.29 is 14.6 Å². The molecule has 0 amide bonds. The highest BCUT2D eigenvalue weighted by Crippen LogP contribution is 2.33. The summed E-state index contributed by atoms with van der Waals surface area (Å²) in [5, 5.41) is 13.6. The van der Waals surface area contributed by atoms with Gasteiger partial charge in [0.25, 0.3) is 0 Å². The second-order valence-corrected chi connectivity index (χ2v) is 5.43. The average Bonchev–Trinajstić information content (AvgIpc) is 2.90. The molecular formula is C16H20N2O3. The Morgan fingerprint density at radius 3 is 3.00 bits per heavy atom. The summed E-state index contributed by atoms with van der Waals surface area (Å²) in [6.07, 6.45) is 2.10. The zero-order valence-corrected chi connectivity index (χ0v) is 12.1. The number of hydrogen-bond acceptors (Lipinski definition) is 4. The maximum absolute atomic E-state index is 11.9. The number of rotatable bonds is 4. The van der Waals surface area contributed by atoms with Gasteiger partial charge in [0.05, 0.1) is 7.11 Å². The number of fused-ring (bicyclic) bond motifs is 3. The third-order valence-corrected chi connectivity index (χ3v) is 4.14. The molecule has 2 aromatic rings. The Morgan fingerprint density at radius 1 is 1.43 bits per heavy atom. The Morgan fingerprint density at radius 2 is 2.24 bits per heavy atom. The van der Waals surface area contributed by atoms with Gasteiger partial charge in [-0.2, -0.15) is 0 Å². The van der Waals surface area contributed by atoms with Crippen LogP contribution in [0.4, 0.5) is 0 Å². The summed E-state index contributed by atoms with van der Waals surface area (Å²) in [5.41, 5.74) is 3.40. The van der Waals surface area contributed by atoms with Gasteiger partial charge in [0.1, 0.15) is 6.04 Å². The molecule has 1 aliphatic heterocycles. The number of aromatic nitrogens is 1.